The Hall–Kier alpha value is -1.19. The quantitative estimate of drug-likeness (QED) is 0.768. The van der Waals surface area contributed by atoms with E-state index in [1.807, 2.05) is 6.07 Å². The van der Waals surface area contributed by atoms with Gasteiger partial charge in [-0.1, -0.05) is 44.2 Å². The molecule has 4 aliphatic rings. The van der Waals surface area contributed by atoms with Gasteiger partial charge in [0.05, 0.1) is 18.8 Å². The van der Waals surface area contributed by atoms with Gasteiger partial charge in [0.1, 0.15) is 5.78 Å². The molecular formula is C26H36O3. The van der Waals surface area contributed by atoms with Crippen LogP contribution in [0.15, 0.2) is 30.3 Å². The van der Waals surface area contributed by atoms with Crippen LogP contribution in [0.25, 0.3) is 0 Å². The number of Topliss-reactive ketones (excluding diaryl/α,β-unsaturated/α-hetero) is 1. The van der Waals surface area contributed by atoms with E-state index in [2.05, 4.69) is 38.1 Å². The maximum Gasteiger partial charge on any atom is 0.139 e. The number of hydrogen-bond donors (Lipinski definition) is 1. The van der Waals surface area contributed by atoms with Crippen LogP contribution < -0.4 is 0 Å². The number of benzene rings is 1. The molecule has 4 fully saturated rings. The predicted molar refractivity (Wildman–Crippen MR) is 113 cm³/mol. The highest BCUT2D eigenvalue weighted by molar-refractivity contribution is 5.87. The van der Waals surface area contributed by atoms with Crippen LogP contribution in [0.2, 0.25) is 0 Å². The number of hydrogen-bond acceptors (Lipinski definition) is 3. The second-order valence-corrected chi connectivity index (χ2v) is 10.9. The summed E-state index contributed by atoms with van der Waals surface area (Å²) >= 11 is 0. The number of ketones is 1. The molecule has 1 N–H and O–H groups in total. The molecule has 0 radical (unpaired) electrons. The number of rotatable bonds is 3. The zero-order valence-corrected chi connectivity index (χ0v) is 18.0. The zero-order valence-electron chi connectivity index (χ0n) is 18.0. The van der Waals surface area contributed by atoms with Crippen molar-refractivity contribution in [3.05, 3.63) is 35.9 Å². The van der Waals surface area contributed by atoms with Gasteiger partial charge in [-0.05, 0) is 79.6 Å². The van der Waals surface area contributed by atoms with Gasteiger partial charge in [0.15, 0.2) is 0 Å². The fourth-order valence-electron chi connectivity index (χ4n) is 8.03. The Bertz CT molecular complexity index is 760. The molecule has 1 aromatic carbocycles. The molecule has 3 nitrogen and oxygen atoms in total. The van der Waals surface area contributed by atoms with Crippen LogP contribution in [0.3, 0.4) is 0 Å². The van der Waals surface area contributed by atoms with E-state index in [4.69, 9.17) is 4.74 Å². The summed E-state index contributed by atoms with van der Waals surface area (Å²) in [4.78, 5) is 12.9. The number of fused-ring (bicyclic) bond motifs is 5. The van der Waals surface area contributed by atoms with E-state index >= 15 is 0 Å². The Kier molecular flexibility index (Phi) is 4.90. The Labute approximate surface area is 175 Å². The maximum absolute atomic E-state index is 12.9. The van der Waals surface area contributed by atoms with Gasteiger partial charge in [-0.3, -0.25) is 4.79 Å². The molecule has 158 valence electrons. The van der Waals surface area contributed by atoms with Crippen molar-refractivity contribution in [2.45, 2.75) is 84.0 Å². The van der Waals surface area contributed by atoms with E-state index < -0.39 is 0 Å². The highest BCUT2D eigenvalue weighted by atomic mass is 16.5. The maximum atomic E-state index is 12.9. The van der Waals surface area contributed by atoms with Crippen molar-refractivity contribution in [2.75, 3.05) is 0 Å². The lowest BCUT2D eigenvalue weighted by atomic mass is 9.44. The lowest BCUT2D eigenvalue weighted by Gasteiger charge is -2.62. The van der Waals surface area contributed by atoms with Crippen LogP contribution in [-0.2, 0) is 16.1 Å². The van der Waals surface area contributed by atoms with Crippen molar-refractivity contribution < 1.29 is 14.6 Å². The summed E-state index contributed by atoms with van der Waals surface area (Å²) in [5, 5.41) is 10.3. The Morgan fingerprint density at radius 1 is 1.10 bits per heavy atom. The standard InChI is InChI=1S/C26H36O3/c1-25-13-12-19(27)14-18(25)8-9-20-21-10-11-23(28)26(21,2)15-22(24(20)25)29-16-17-6-4-3-5-7-17/h3-7,18-22,24,27H,8-16H2,1-2H3/t18-,19+,20-,21-,22-,24+,25-,26-/m1/s1. The summed E-state index contributed by atoms with van der Waals surface area (Å²) in [5.74, 6) is 2.71. The summed E-state index contributed by atoms with van der Waals surface area (Å²) in [6, 6.07) is 10.5. The van der Waals surface area contributed by atoms with Gasteiger partial charge in [-0.25, -0.2) is 0 Å². The van der Waals surface area contributed by atoms with E-state index in [9.17, 15) is 9.90 Å². The molecule has 0 spiro atoms. The predicted octanol–water partition coefficient (Wildman–Crippen LogP) is 5.15. The highest BCUT2D eigenvalue weighted by Crippen LogP contribution is 2.66. The van der Waals surface area contributed by atoms with Gasteiger partial charge in [-0.15, -0.1) is 0 Å². The van der Waals surface area contributed by atoms with Gasteiger partial charge in [0.2, 0.25) is 0 Å². The van der Waals surface area contributed by atoms with Crippen molar-refractivity contribution in [3.63, 3.8) is 0 Å². The van der Waals surface area contributed by atoms with Gasteiger partial charge >= 0.3 is 0 Å². The first-order chi connectivity index (χ1) is 13.9. The third-order valence-electron chi connectivity index (χ3n) is 9.56. The summed E-state index contributed by atoms with van der Waals surface area (Å²) in [5.41, 5.74) is 1.25. The first-order valence-electron chi connectivity index (χ1n) is 11.8. The third kappa shape index (κ3) is 3.11. The Balaban J connectivity index is 1.47. The van der Waals surface area contributed by atoms with E-state index in [0.29, 0.717) is 36.1 Å². The number of carbonyl (C=O) groups is 1. The van der Waals surface area contributed by atoms with Crippen LogP contribution in [0, 0.1) is 34.5 Å². The second kappa shape index (κ2) is 7.20. The van der Waals surface area contributed by atoms with E-state index in [0.717, 1.165) is 38.5 Å². The molecule has 29 heavy (non-hydrogen) atoms. The van der Waals surface area contributed by atoms with Gasteiger partial charge in [-0.2, -0.15) is 0 Å². The average Bonchev–Trinajstić information content (AvgIpc) is 3.02. The Morgan fingerprint density at radius 2 is 1.90 bits per heavy atom. The summed E-state index contributed by atoms with van der Waals surface area (Å²) in [6.45, 7) is 5.35. The molecule has 3 heteroatoms. The molecule has 0 saturated heterocycles. The molecule has 4 aliphatic carbocycles. The lowest BCUT2D eigenvalue weighted by molar-refractivity contribution is -0.191. The summed E-state index contributed by atoms with van der Waals surface area (Å²) in [6.07, 6.45) is 8.12. The minimum Gasteiger partial charge on any atom is -0.393 e. The van der Waals surface area contributed by atoms with Crippen molar-refractivity contribution >= 4 is 5.78 Å². The topological polar surface area (TPSA) is 46.5 Å². The van der Waals surface area contributed by atoms with E-state index in [1.165, 1.54) is 18.4 Å². The number of aliphatic hydroxyl groups excluding tert-OH is 1. The molecule has 0 amide bonds. The SMILES string of the molecule is C[C@@]12CC[C@H](O)C[C@H]1CC[C@H]1[C@H]2[C@H](OCc2ccccc2)C[C@@]2(C)C(=O)CC[C@H]12. The normalized spacial score (nSPS) is 46.7. The zero-order chi connectivity index (χ0) is 20.2. The van der Waals surface area contributed by atoms with Crippen LogP contribution in [0.1, 0.15) is 70.8 Å². The third-order valence-corrected chi connectivity index (χ3v) is 9.56. The molecule has 0 bridgehead atoms. The lowest BCUT2D eigenvalue weighted by Crippen LogP contribution is -2.59. The highest BCUT2D eigenvalue weighted by Gasteiger charge is 2.63. The molecule has 0 heterocycles. The minimum atomic E-state index is -0.195. The fraction of sp³-hybridized carbons (Fsp3) is 0.731. The van der Waals surface area contributed by atoms with Crippen LogP contribution in [-0.4, -0.2) is 23.1 Å². The minimum absolute atomic E-state index is 0.129. The van der Waals surface area contributed by atoms with Crippen molar-refractivity contribution in [1.82, 2.24) is 0 Å². The van der Waals surface area contributed by atoms with Crippen LogP contribution in [0.5, 0.6) is 0 Å². The molecule has 0 aliphatic heterocycles. The number of ether oxygens (including phenoxy) is 1. The smallest absolute Gasteiger partial charge is 0.139 e. The van der Waals surface area contributed by atoms with Gasteiger partial charge in [0, 0.05) is 11.8 Å². The molecule has 8 atom stereocenters. The molecule has 1 aromatic rings. The molecule has 5 rings (SSSR count). The molecule has 0 aromatic heterocycles. The van der Waals surface area contributed by atoms with Crippen molar-refractivity contribution in [2.24, 2.45) is 34.5 Å². The first-order valence-corrected chi connectivity index (χ1v) is 11.8. The fourth-order valence-corrected chi connectivity index (χ4v) is 8.03. The molecule has 0 unspecified atom stereocenters. The Morgan fingerprint density at radius 3 is 2.69 bits per heavy atom. The van der Waals surface area contributed by atoms with Crippen molar-refractivity contribution in [3.8, 4) is 0 Å². The first kappa shape index (κ1) is 19.8. The van der Waals surface area contributed by atoms with Crippen LogP contribution in [0.4, 0.5) is 0 Å². The average molecular weight is 397 g/mol. The number of aliphatic hydroxyl groups is 1. The molecule has 4 saturated carbocycles. The monoisotopic (exact) mass is 396 g/mol. The van der Waals surface area contributed by atoms with Gasteiger partial charge in [0.25, 0.3) is 0 Å². The number of carbonyl (C=O) groups excluding carboxylic acids is 1. The second-order valence-electron chi connectivity index (χ2n) is 10.9. The largest absolute Gasteiger partial charge is 0.393 e. The van der Waals surface area contributed by atoms with Gasteiger partial charge < -0.3 is 9.84 Å². The molecular weight excluding hydrogens is 360 g/mol. The van der Waals surface area contributed by atoms with Crippen molar-refractivity contribution in [1.29, 1.82) is 0 Å². The summed E-state index contributed by atoms with van der Waals surface area (Å²) < 4.78 is 6.69. The van der Waals surface area contributed by atoms with E-state index in [-0.39, 0.29) is 23.0 Å². The van der Waals surface area contributed by atoms with E-state index in [1.54, 1.807) is 0 Å². The summed E-state index contributed by atoms with van der Waals surface area (Å²) in [7, 11) is 0. The van der Waals surface area contributed by atoms with Crippen LogP contribution >= 0.6 is 0 Å².